The molecule has 0 spiro atoms. The third kappa shape index (κ3) is 10.8. The van der Waals surface area contributed by atoms with E-state index in [4.69, 9.17) is 6.42 Å². The molecule has 436 valence electrons. The van der Waals surface area contributed by atoms with Crippen LogP contribution >= 0.6 is 0 Å². The maximum Gasteiger partial charge on any atom is 0.231 e. The Bertz CT molecular complexity index is 4590. The summed E-state index contributed by atoms with van der Waals surface area (Å²) in [7, 11) is -4.41. The molecule has 0 aliphatic rings. The maximum atomic E-state index is 8.44. The lowest BCUT2D eigenvalue weighted by Gasteiger charge is -2.39. The summed E-state index contributed by atoms with van der Waals surface area (Å²) in [6, 6.07) is 140. The molecule has 0 atom stereocenters. The molecule has 15 rings (SSSR count). The van der Waals surface area contributed by atoms with E-state index in [1.54, 1.807) is 0 Å². The van der Waals surface area contributed by atoms with Crippen LogP contribution in [0, 0.1) is 12.0 Å². The molecular formula is C92H64Si. The average Bonchev–Trinajstić information content (AvgIpc) is 0.696. The number of terminal acetylenes is 1. The molecule has 0 saturated heterocycles. The highest BCUT2D eigenvalue weighted by atomic mass is 28.3. The monoisotopic (exact) mass is 1200 g/mol. The summed E-state index contributed by atoms with van der Waals surface area (Å²) in [6.07, 6.45) is 8.44. The Morgan fingerprint density at radius 1 is 0.161 bits per heavy atom. The van der Waals surface area contributed by atoms with E-state index in [-0.39, 0.29) is 0 Å². The fourth-order valence-electron chi connectivity index (χ4n) is 14.2. The van der Waals surface area contributed by atoms with E-state index in [0.717, 1.165) is 149 Å². The van der Waals surface area contributed by atoms with Gasteiger partial charge in [0.05, 0.1) is 0 Å². The van der Waals surface area contributed by atoms with Crippen LogP contribution in [0.3, 0.4) is 0 Å². The van der Waals surface area contributed by atoms with Crippen molar-refractivity contribution in [2.24, 2.45) is 0 Å². The summed E-state index contributed by atoms with van der Waals surface area (Å²) in [5.41, 5.74) is 30.5. The average molecular weight is 1200 g/mol. The van der Waals surface area contributed by atoms with E-state index in [1.165, 1.54) is 0 Å². The fourth-order valence-corrected chi connectivity index (χ4v) is 18.6. The lowest BCUT2D eigenvalue weighted by atomic mass is 9.82. The molecule has 0 heterocycles. The second-order valence-electron chi connectivity index (χ2n) is 23.6. The van der Waals surface area contributed by atoms with Gasteiger partial charge >= 0.3 is 0 Å². The first-order chi connectivity index (χ1) is 46.2. The molecule has 0 saturated carbocycles. The Morgan fingerprint density at radius 2 is 0.301 bits per heavy atom. The third-order valence-corrected chi connectivity index (χ3v) is 22.3. The SMILES string of the molecule is C#C[Si](c1cc(-c2ccccc2)c(-c2ccccc2)c(-c2ccccc2)c1-c1ccccc1)(c1cc(-c2ccccc2)c(-c2ccccc2)c(-c2ccccc2)c1-c1ccccc1)c1cc(-c2ccccc2)c(-c2ccccc2)c(-c2ccccc2)c1-c1ccccc1. The Balaban J connectivity index is 1.30. The van der Waals surface area contributed by atoms with Gasteiger partial charge in [0.15, 0.2) is 0 Å². The summed E-state index contributed by atoms with van der Waals surface area (Å²) in [5.74, 6) is 0. The molecule has 0 bridgehead atoms. The predicted octanol–water partition coefficient (Wildman–Crippen LogP) is 22.3. The van der Waals surface area contributed by atoms with Crippen LogP contribution in [0.1, 0.15) is 0 Å². The van der Waals surface area contributed by atoms with Crippen LogP contribution in [0.15, 0.2) is 382 Å². The molecule has 0 unspecified atom stereocenters. The van der Waals surface area contributed by atoms with Crippen LogP contribution in [-0.2, 0) is 0 Å². The van der Waals surface area contributed by atoms with Gasteiger partial charge in [-0.2, -0.15) is 0 Å². The molecule has 1 heteroatoms. The molecule has 93 heavy (non-hydrogen) atoms. The molecule has 0 amide bonds. The summed E-state index contributed by atoms with van der Waals surface area (Å²) in [6.45, 7) is 0. The van der Waals surface area contributed by atoms with Crippen LogP contribution in [-0.4, -0.2) is 8.07 Å². The first kappa shape index (κ1) is 57.5. The standard InChI is InChI=1S/C92H64Si/c1-2-93(81-63-78(66-39-15-3-16-40-66)84(69-45-21-6-22-46-69)90(75-57-33-12-34-58-75)87(81)72-51-27-9-28-52-72,82-64-79(67-41-17-4-18-42-67)85(70-47-23-7-24-48-70)91(76-59-35-13-36-60-76)88(82)73-53-29-10-30-54-73)83-65-80(68-43-19-5-20-44-68)86(71-49-25-8-26-50-71)92(77-61-37-14-38-62-77)89(83)74-55-31-11-32-56-74/h1,3-65H. The smallest absolute Gasteiger partial charge is 0.126 e. The minimum Gasteiger partial charge on any atom is -0.126 e. The van der Waals surface area contributed by atoms with Crippen LogP contribution in [0.5, 0.6) is 0 Å². The largest absolute Gasteiger partial charge is 0.231 e. The second-order valence-corrected chi connectivity index (χ2v) is 27.0. The van der Waals surface area contributed by atoms with Crippen molar-refractivity contribution in [3.63, 3.8) is 0 Å². The molecule has 15 aromatic rings. The third-order valence-electron chi connectivity index (χ3n) is 18.2. The molecule has 0 aliphatic carbocycles. The molecule has 0 nitrogen and oxygen atoms in total. The molecule has 0 N–H and O–H groups in total. The topological polar surface area (TPSA) is 0 Å². The zero-order valence-electron chi connectivity index (χ0n) is 51.5. The molecule has 0 aromatic heterocycles. The normalized spacial score (nSPS) is 11.2. The minimum atomic E-state index is -4.41. The van der Waals surface area contributed by atoms with Gasteiger partial charge in [0.25, 0.3) is 0 Å². The summed E-state index contributed by atoms with van der Waals surface area (Å²) < 4.78 is 0. The first-order valence-corrected chi connectivity index (χ1v) is 33.9. The van der Waals surface area contributed by atoms with Crippen LogP contribution in [0.4, 0.5) is 0 Å². The van der Waals surface area contributed by atoms with Crippen molar-refractivity contribution < 1.29 is 0 Å². The van der Waals surface area contributed by atoms with Crippen molar-refractivity contribution in [3.05, 3.63) is 382 Å². The van der Waals surface area contributed by atoms with Gasteiger partial charge in [-0.3, -0.25) is 0 Å². The van der Waals surface area contributed by atoms with Gasteiger partial charge in [0.2, 0.25) is 8.07 Å². The van der Waals surface area contributed by atoms with Gasteiger partial charge in [-0.15, -0.1) is 12.0 Å². The lowest BCUT2D eigenvalue weighted by Crippen LogP contribution is -2.68. The Hall–Kier alpha value is -11.9. The molecule has 15 aromatic carbocycles. The number of rotatable bonds is 15. The van der Waals surface area contributed by atoms with Crippen molar-refractivity contribution in [2.75, 3.05) is 0 Å². The van der Waals surface area contributed by atoms with Crippen molar-refractivity contribution in [2.45, 2.75) is 0 Å². The highest BCUT2D eigenvalue weighted by Gasteiger charge is 2.48. The Kier molecular flexibility index (Phi) is 16.0. The summed E-state index contributed by atoms with van der Waals surface area (Å²) in [5, 5.41) is 3.29. The van der Waals surface area contributed by atoms with Crippen LogP contribution in [0.2, 0.25) is 0 Å². The van der Waals surface area contributed by atoms with E-state index >= 15 is 0 Å². The van der Waals surface area contributed by atoms with Gasteiger partial charge < -0.3 is 0 Å². The van der Waals surface area contributed by atoms with E-state index in [9.17, 15) is 0 Å². The Labute approximate surface area is 547 Å². The maximum absolute atomic E-state index is 8.44. The fraction of sp³-hybridized carbons (Fsp3) is 0. The highest BCUT2D eigenvalue weighted by molar-refractivity contribution is 7.18. The predicted molar refractivity (Wildman–Crippen MR) is 398 cm³/mol. The lowest BCUT2D eigenvalue weighted by molar-refractivity contribution is 1.53. The van der Waals surface area contributed by atoms with E-state index < -0.39 is 8.07 Å². The van der Waals surface area contributed by atoms with Crippen molar-refractivity contribution in [1.82, 2.24) is 0 Å². The summed E-state index contributed by atoms with van der Waals surface area (Å²) >= 11 is 0. The van der Waals surface area contributed by atoms with Gasteiger partial charge in [-0.1, -0.05) is 382 Å². The van der Waals surface area contributed by atoms with Crippen molar-refractivity contribution in [3.8, 4) is 145 Å². The van der Waals surface area contributed by atoms with Crippen LogP contribution in [0.25, 0.3) is 134 Å². The molecule has 0 fully saturated rings. The van der Waals surface area contributed by atoms with Gasteiger partial charge in [0, 0.05) is 0 Å². The summed E-state index contributed by atoms with van der Waals surface area (Å²) in [4.78, 5) is 0. The van der Waals surface area contributed by atoms with Gasteiger partial charge in [-0.05, 0) is 149 Å². The van der Waals surface area contributed by atoms with Crippen molar-refractivity contribution >= 4 is 23.6 Å². The number of hydrogen-bond acceptors (Lipinski definition) is 0. The Morgan fingerprint density at radius 3 is 0.462 bits per heavy atom. The van der Waals surface area contributed by atoms with Crippen LogP contribution < -0.4 is 15.6 Å². The van der Waals surface area contributed by atoms with Crippen molar-refractivity contribution in [1.29, 1.82) is 0 Å². The minimum absolute atomic E-state index is 1.07. The van der Waals surface area contributed by atoms with E-state index in [0.29, 0.717) is 0 Å². The number of hydrogen-bond donors (Lipinski definition) is 0. The molecular weight excluding hydrogens is 1130 g/mol. The first-order valence-electron chi connectivity index (χ1n) is 31.9. The molecule has 0 radical (unpaired) electrons. The molecule has 0 aliphatic heterocycles. The van der Waals surface area contributed by atoms with Gasteiger partial charge in [-0.25, -0.2) is 0 Å². The van der Waals surface area contributed by atoms with Gasteiger partial charge in [0.1, 0.15) is 0 Å². The highest BCUT2D eigenvalue weighted by Crippen LogP contribution is 2.51. The number of benzene rings is 15. The van der Waals surface area contributed by atoms with E-state index in [1.807, 2.05) is 0 Å². The van der Waals surface area contributed by atoms with E-state index in [2.05, 4.69) is 388 Å². The second kappa shape index (κ2) is 25.9. The zero-order chi connectivity index (χ0) is 62.3. The zero-order valence-corrected chi connectivity index (χ0v) is 52.5. The quantitative estimate of drug-likeness (QED) is 0.0545.